The van der Waals surface area contributed by atoms with Crippen LogP contribution in [0.2, 0.25) is 0 Å². The number of anilines is 1. The molecule has 1 aliphatic rings. The van der Waals surface area contributed by atoms with Gasteiger partial charge in [0, 0.05) is 23.3 Å². The second kappa shape index (κ2) is 6.72. The van der Waals surface area contributed by atoms with E-state index in [0.29, 0.717) is 10.7 Å². The van der Waals surface area contributed by atoms with E-state index in [-0.39, 0.29) is 5.91 Å². The van der Waals surface area contributed by atoms with Gasteiger partial charge < -0.3 is 4.57 Å². The van der Waals surface area contributed by atoms with Gasteiger partial charge in [0.25, 0.3) is 5.91 Å². The molecule has 7 heteroatoms. The van der Waals surface area contributed by atoms with Gasteiger partial charge in [-0.15, -0.1) is 11.3 Å². The summed E-state index contributed by atoms with van der Waals surface area (Å²) in [7, 11) is 1.86. The number of aryl methyl sites for hydroxylation is 5. The lowest BCUT2D eigenvalue weighted by Crippen LogP contribution is -2.16. The highest BCUT2D eigenvalue weighted by Gasteiger charge is 2.22. The molecule has 0 spiro atoms. The molecule has 4 rings (SSSR count). The van der Waals surface area contributed by atoms with E-state index >= 15 is 0 Å². The van der Waals surface area contributed by atoms with E-state index in [1.165, 1.54) is 24.1 Å². The summed E-state index contributed by atoms with van der Waals surface area (Å²) in [5.74, 6) is 0.616. The molecule has 0 saturated heterocycles. The maximum Gasteiger partial charge on any atom is 0.262 e. The molecule has 6 nitrogen and oxygen atoms in total. The quantitative estimate of drug-likeness (QED) is 0.714. The molecule has 26 heavy (non-hydrogen) atoms. The molecule has 3 heterocycles. The van der Waals surface area contributed by atoms with Crippen molar-refractivity contribution in [2.24, 2.45) is 7.05 Å². The van der Waals surface area contributed by atoms with Gasteiger partial charge in [0.2, 0.25) is 0 Å². The van der Waals surface area contributed by atoms with Crippen LogP contribution in [0.4, 0.5) is 5.13 Å². The molecular formula is C19H23N5OS. The van der Waals surface area contributed by atoms with Gasteiger partial charge in [-0.25, -0.2) is 4.98 Å². The summed E-state index contributed by atoms with van der Waals surface area (Å²) in [5.41, 5.74) is 3.86. The Kier molecular flexibility index (Phi) is 4.40. The Bertz CT molecular complexity index is 922. The average Bonchev–Trinajstić information content (AvgIpc) is 3.21. The van der Waals surface area contributed by atoms with Crippen molar-refractivity contribution < 1.29 is 4.79 Å². The molecule has 0 radical (unpaired) electrons. The zero-order valence-corrected chi connectivity index (χ0v) is 16.2. The molecule has 0 atom stereocenters. The van der Waals surface area contributed by atoms with Gasteiger partial charge in [-0.1, -0.05) is 6.42 Å². The lowest BCUT2D eigenvalue weighted by Gasteiger charge is -2.12. The predicted molar refractivity (Wildman–Crippen MR) is 103 cm³/mol. The van der Waals surface area contributed by atoms with Crippen LogP contribution in [-0.4, -0.2) is 25.2 Å². The van der Waals surface area contributed by atoms with Crippen molar-refractivity contribution >= 4 is 22.4 Å². The Morgan fingerprint density at radius 1 is 1.15 bits per heavy atom. The Hall–Kier alpha value is -2.41. The minimum absolute atomic E-state index is 0.162. The SMILES string of the molecule is Cc1ccc(C)n1-c1c(C(=O)Nc2nc3c(s2)CCCCC3)cnn1C. The molecule has 3 aromatic rings. The Balaban J connectivity index is 1.64. The Labute approximate surface area is 156 Å². The Morgan fingerprint density at radius 3 is 2.65 bits per heavy atom. The minimum atomic E-state index is -0.162. The zero-order chi connectivity index (χ0) is 18.3. The number of nitrogens with zero attached hydrogens (tertiary/aromatic N) is 4. The molecular weight excluding hydrogens is 346 g/mol. The minimum Gasteiger partial charge on any atom is -0.303 e. The molecule has 0 aliphatic heterocycles. The zero-order valence-electron chi connectivity index (χ0n) is 15.4. The van der Waals surface area contributed by atoms with Gasteiger partial charge in [0.1, 0.15) is 11.4 Å². The van der Waals surface area contributed by atoms with Crippen molar-refractivity contribution in [3.05, 3.63) is 45.9 Å². The monoisotopic (exact) mass is 369 g/mol. The number of amides is 1. The second-order valence-electron chi connectivity index (χ2n) is 6.86. The summed E-state index contributed by atoms with van der Waals surface area (Å²) in [5, 5.41) is 8.00. The number of rotatable bonds is 3. The van der Waals surface area contributed by atoms with Crippen molar-refractivity contribution in [2.45, 2.75) is 46.0 Å². The summed E-state index contributed by atoms with van der Waals surface area (Å²) in [6.45, 7) is 4.05. The molecule has 0 unspecified atom stereocenters. The topological polar surface area (TPSA) is 64.7 Å². The van der Waals surface area contributed by atoms with Crippen LogP contribution in [0.3, 0.4) is 0 Å². The van der Waals surface area contributed by atoms with Gasteiger partial charge in [0.05, 0.1) is 11.9 Å². The van der Waals surface area contributed by atoms with Gasteiger partial charge in [-0.3, -0.25) is 14.8 Å². The summed E-state index contributed by atoms with van der Waals surface area (Å²) in [6, 6.07) is 4.09. The number of carbonyl (C=O) groups is 1. The first-order chi connectivity index (χ1) is 12.5. The van der Waals surface area contributed by atoms with E-state index in [2.05, 4.69) is 20.0 Å². The molecule has 0 aromatic carbocycles. The van der Waals surface area contributed by atoms with E-state index in [1.54, 1.807) is 22.2 Å². The smallest absolute Gasteiger partial charge is 0.262 e. The van der Waals surface area contributed by atoms with Crippen molar-refractivity contribution in [1.29, 1.82) is 0 Å². The molecule has 136 valence electrons. The average molecular weight is 369 g/mol. The molecule has 3 aromatic heterocycles. The summed E-state index contributed by atoms with van der Waals surface area (Å²) in [4.78, 5) is 18.9. The maximum atomic E-state index is 12.9. The normalized spacial score (nSPS) is 14.1. The van der Waals surface area contributed by atoms with Crippen LogP contribution >= 0.6 is 11.3 Å². The number of carbonyl (C=O) groups excluding carboxylic acids is 1. The predicted octanol–water partition coefficient (Wildman–Crippen LogP) is 3.81. The highest BCUT2D eigenvalue weighted by Crippen LogP contribution is 2.29. The fourth-order valence-corrected chi connectivity index (χ4v) is 4.65. The number of thiazole rings is 1. The van der Waals surface area contributed by atoms with Crippen LogP contribution in [0.5, 0.6) is 0 Å². The maximum absolute atomic E-state index is 12.9. The number of hydrogen-bond donors (Lipinski definition) is 1. The summed E-state index contributed by atoms with van der Waals surface area (Å²) >= 11 is 1.61. The van der Waals surface area contributed by atoms with Crippen LogP contribution in [0, 0.1) is 13.8 Å². The third-order valence-corrected chi connectivity index (χ3v) is 6.02. The molecule has 1 amide bonds. The van der Waals surface area contributed by atoms with Crippen molar-refractivity contribution in [3.63, 3.8) is 0 Å². The van der Waals surface area contributed by atoms with E-state index in [4.69, 9.17) is 0 Å². The third-order valence-electron chi connectivity index (χ3n) is 4.95. The van der Waals surface area contributed by atoms with E-state index < -0.39 is 0 Å². The number of fused-ring (bicyclic) bond motifs is 1. The lowest BCUT2D eigenvalue weighted by molar-refractivity contribution is 0.102. The second-order valence-corrected chi connectivity index (χ2v) is 7.94. The first-order valence-electron chi connectivity index (χ1n) is 9.02. The van der Waals surface area contributed by atoms with Gasteiger partial charge in [-0.2, -0.15) is 5.10 Å². The summed E-state index contributed by atoms with van der Waals surface area (Å²) < 4.78 is 3.80. The third kappa shape index (κ3) is 2.96. The van der Waals surface area contributed by atoms with E-state index in [9.17, 15) is 4.79 Å². The van der Waals surface area contributed by atoms with Crippen LogP contribution in [-0.2, 0) is 19.9 Å². The number of nitrogens with one attached hydrogen (secondary N) is 1. The molecule has 0 bridgehead atoms. The molecule has 1 N–H and O–H groups in total. The van der Waals surface area contributed by atoms with E-state index in [1.807, 2.05) is 33.0 Å². The van der Waals surface area contributed by atoms with Crippen LogP contribution in [0.25, 0.3) is 5.82 Å². The largest absolute Gasteiger partial charge is 0.303 e. The fourth-order valence-electron chi connectivity index (χ4n) is 3.61. The van der Waals surface area contributed by atoms with Crippen molar-refractivity contribution in [1.82, 2.24) is 19.3 Å². The number of hydrogen-bond acceptors (Lipinski definition) is 4. The molecule has 0 fully saturated rings. The highest BCUT2D eigenvalue weighted by molar-refractivity contribution is 7.15. The van der Waals surface area contributed by atoms with Crippen molar-refractivity contribution in [2.75, 3.05) is 5.32 Å². The Morgan fingerprint density at radius 2 is 1.88 bits per heavy atom. The van der Waals surface area contributed by atoms with Crippen LogP contribution in [0.1, 0.15) is 51.6 Å². The number of aromatic nitrogens is 4. The van der Waals surface area contributed by atoms with Gasteiger partial charge in [0.15, 0.2) is 5.13 Å². The fraction of sp³-hybridized carbons (Fsp3) is 0.421. The first-order valence-corrected chi connectivity index (χ1v) is 9.83. The molecule has 0 saturated carbocycles. The first kappa shape index (κ1) is 17.0. The molecule has 1 aliphatic carbocycles. The van der Waals surface area contributed by atoms with Gasteiger partial charge in [-0.05, 0) is 51.7 Å². The lowest BCUT2D eigenvalue weighted by atomic mass is 10.2. The summed E-state index contributed by atoms with van der Waals surface area (Å²) in [6.07, 6.45) is 7.37. The standard InChI is InChI=1S/C19H23N5OS/c1-12-9-10-13(2)24(12)18-14(11-20-23(18)3)17(25)22-19-21-15-7-5-4-6-8-16(15)26-19/h9-11H,4-8H2,1-3H3,(H,21,22,25). The van der Waals surface area contributed by atoms with Crippen LogP contribution in [0.15, 0.2) is 18.3 Å². The van der Waals surface area contributed by atoms with E-state index in [0.717, 1.165) is 35.7 Å². The van der Waals surface area contributed by atoms with Crippen molar-refractivity contribution in [3.8, 4) is 5.82 Å². The highest BCUT2D eigenvalue weighted by atomic mass is 32.1. The van der Waals surface area contributed by atoms with Gasteiger partial charge >= 0.3 is 0 Å². The van der Waals surface area contributed by atoms with Crippen LogP contribution < -0.4 is 5.32 Å².